The second-order valence-corrected chi connectivity index (χ2v) is 7.04. The number of amides is 1. The summed E-state index contributed by atoms with van der Waals surface area (Å²) in [5, 5.41) is 3.08. The zero-order chi connectivity index (χ0) is 13.9. The Morgan fingerprint density at radius 1 is 1.30 bits per heavy atom. The minimum atomic E-state index is 0.0423. The molecule has 3 nitrogen and oxygen atoms in total. The Kier molecular flexibility index (Phi) is 4.29. The second kappa shape index (κ2) is 6.17. The van der Waals surface area contributed by atoms with Gasteiger partial charge in [0.05, 0.1) is 6.61 Å². The summed E-state index contributed by atoms with van der Waals surface area (Å²) in [7, 11) is 0. The van der Waals surface area contributed by atoms with Crippen LogP contribution in [0.1, 0.15) is 41.6 Å². The van der Waals surface area contributed by atoms with Crippen LogP contribution in [0.5, 0.6) is 5.75 Å². The van der Waals surface area contributed by atoms with Gasteiger partial charge in [0.15, 0.2) is 0 Å². The first-order valence-electron chi connectivity index (χ1n) is 7.40. The monoisotopic (exact) mass is 337 g/mol. The van der Waals surface area contributed by atoms with Crippen molar-refractivity contribution in [3.63, 3.8) is 0 Å². The highest BCUT2D eigenvalue weighted by Crippen LogP contribution is 2.28. The minimum Gasteiger partial charge on any atom is -0.493 e. The number of nitrogens with one attached hydrogen (secondary N) is 1. The average molecular weight is 338 g/mol. The van der Waals surface area contributed by atoms with E-state index in [-0.39, 0.29) is 5.91 Å². The van der Waals surface area contributed by atoms with Gasteiger partial charge in [0, 0.05) is 23.4 Å². The number of ether oxygens (including phenoxy) is 1. The lowest BCUT2D eigenvalue weighted by Crippen LogP contribution is -2.31. The van der Waals surface area contributed by atoms with Gasteiger partial charge in [-0.15, -0.1) is 0 Å². The molecule has 2 aliphatic rings. The second-order valence-electron chi connectivity index (χ2n) is 5.75. The summed E-state index contributed by atoms with van der Waals surface area (Å²) in [6.45, 7) is 1.53. The third-order valence-corrected chi connectivity index (χ3v) is 5.19. The lowest BCUT2D eigenvalue weighted by molar-refractivity contribution is 0.0944. The predicted octanol–water partition coefficient (Wildman–Crippen LogP) is 3.31. The van der Waals surface area contributed by atoms with Crippen molar-refractivity contribution in [2.24, 2.45) is 5.92 Å². The molecule has 4 heteroatoms. The van der Waals surface area contributed by atoms with Gasteiger partial charge in [-0.25, -0.2) is 0 Å². The molecular weight excluding hydrogens is 318 g/mol. The Balaban J connectivity index is 1.54. The van der Waals surface area contributed by atoms with E-state index in [9.17, 15) is 4.79 Å². The highest BCUT2D eigenvalue weighted by atomic mass is 79.9. The Bertz CT molecular complexity index is 495. The van der Waals surface area contributed by atoms with Crippen LogP contribution in [-0.4, -0.2) is 23.9 Å². The van der Waals surface area contributed by atoms with E-state index in [2.05, 4.69) is 21.2 Å². The number of fused-ring (bicyclic) bond motifs is 1. The number of rotatable bonds is 3. The number of halogens is 1. The molecule has 20 heavy (non-hydrogen) atoms. The summed E-state index contributed by atoms with van der Waals surface area (Å²) in [6.07, 6.45) is 5.75. The van der Waals surface area contributed by atoms with Crippen LogP contribution >= 0.6 is 15.9 Å². The predicted molar refractivity (Wildman–Crippen MR) is 82.6 cm³/mol. The number of hydrogen-bond acceptors (Lipinski definition) is 2. The van der Waals surface area contributed by atoms with E-state index in [1.807, 2.05) is 18.2 Å². The molecule has 1 heterocycles. The lowest BCUT2D eigenvalue weighted by Gasteiger charge is -2.25. The lowest BCUT2D eigenvalue weighted by atomic mass is 9.89. The summed E-state index contributed by atoms with van der Waals surface area (Å²) in [5.41, 5.74) is 1.90. The number of carbonyl (C=O) groups is 1. The maximum atomic E-state index is 12.2. The Morgan fingerprint density at radius 2 is 2.10 bits per heavy atom. The van der Waals surface area contributed by atoms with Crippen molar-refractivity contribution < 1.29 is 9.53 Å². The van der Waals surface area contributed by atoms with Crippen molar-refractivity contribution in [3.05, 3.63) is 29.3 Å². The van der Waals surface area contributed by atoms with Crippen LogP contribution in [0, 0.1) is 5.92 Å². The largest absolute Gasteiger partial charge is 0.493 e. The fourth-order valence-electron chi connectivity index (χ4n) is 2.99. The molecule has 108 valence electrons. The number of hydrogen-bond donors (Lipinski definition) is 1. The molecule has 0 aromatic heterocycles. The van der Waals surface area contributed by atoms with Gasteiger partial charge in [-0.2, -0.15) is 0 Å². The Labute approximate surface area is 128 Å². The maximum Gasteiger partial charge on any atom is 0.251 e. The maximum absolute atomic E-state index is 12.2. The smallest absolute Gasteiger partial charge is 0.251 e. The average Bonchev–Trinajstić information content (AvgIpc) is 2.93. The normalized spacial score (nSPS) is 24.9. The van der Waals surface area contributed by atoms with Crippen LogP contribution in [0.2, 0.25) is 0 Å². The molecule has 1 saturated carbocycles. The third kappa shape index (κ3) is 3.17. The van der Waals surface area contributed by atoms with Crippen molar-refractivity contribution in [1.29, 1.82) is 0 Å². The molecule has 1 fully saturated rings. The van der Waals surface area contributed by atoms with Gasteiger partial charge in [-0.3, -0.25) is 4.79 Å². The van der Waals surface area contributed by atoms with E-state index in [1.165, 1.54) is 25.7 Å². The molecule has 3 rings (SSSR count). The van der Waals surface area contributed by atoms with Gasteiger partial charge in [0.1, 0.15) is 5.75 Å². The van der Waals surface area contributed by atoms with Gasteiger partial charge in [0.25, 0.3) is 5.91 Å². The van der Waals surface area contributed by atoms with E-state index < -0.39 is 0 Å². The standard InChI is InChI=1S/C16H20BrNO2/c17-14-4-1-11(2-5-14)10-18-16(19)13-3-6-15-12(9-13)7-8-20-15/h3,6,9,11,14H,1-2,4-5,7-8,10H2,(H,18,19). The summed E-state index contributed by atoms with van der Waals surface area (Å²) in [4.78, 5) is 12.9. The quantitative estimate of drug-likeness (QED) is 0.859. The number of carbonyl (C=O) groups excluding carboxylic acids is 1. The third-order valence-electron chi connectivity index (χ3n) is 4.28. The van der Waals surface area contributed by atoms with Crippen LogP contribution in [0.25, 0.3) is 0 Å². The summed E-state index contributed by atoms with van der Waals surface area (Å²) >= 11 is 3.66. The molecule has 1 aliphatic carbocycles. The molecule has 0 radical (unpaired) electrons. The van der Waals surface area contributed by atoms with Crippen molar-refractivity contribution in [3.8, 4) is 5.75 Å². The van der Waals surface area contributed by atoms with Crippen LogP contribution in [0.4, 0.5) is 0 Å². The van der Waals surface area contributed by atoms with Gasteiger partial charge < -0.3 is 10.1 Å². The van der Waals surface area contributed by atoms with Gasteiger partial charge in [-0.1, -0.05) is 15.9 Å². The van der Waals surface area contributed by atoms with E-state index in [1.54, 1.807) is 0 Å². The first-order valence-corrected chi connectivity index (χ1v) is 8.32. The molecule has 0 saturated heterocycles. The zero-order valence-corrected chi connectivity index (χ0v) is 13.1. The van der Waals surface area contributed by atoms with Crippen molar-refractivity contribution in [1.82, 2.24) is 5.32 Å². The zero-order valence-electron chi connectivity index (χ0n) is 11.5. The van der Waals surface area contributed by atoms with Gasteiger partial charge in [0.2, 0.25) is 0 Å². The van der Waals surface area contributed by atoms with E-state index in [0.29, 0.717) is 10.7 Å². The fourth-order valence-corrected chi connectivity index (χ4v) is 3.52. The fraction of sp³-hybridized carbons (Fsp3) is 0.562. The molecule has 1 amide bonds. The molecule has 0 bridgehead atoms. The van der Waals surface area contributed by atoms with E-state index in [0.717, 1.165) is 36.4 Å². The summed E-state index contributed by atoms with van der Waals surface area (Å²) < 4.78 is 5.46. The van der Waals surface area contributed by atoms with Gasteiger partial charge >= 0.3 is 0 Å². The van der Waals surface area contributed by atoms with Crippen LogP contribution in [0.15, 0.2) is 18.2 Å². The topological polar surface area (TPSA) is 38.3 Å². The van der Waals surface area contributed by atoms with Gasteiger partial charge in [-0.05, 0) is 55.4 Å². The van der Waals surface area contributed by atoms with Crippen molar-refractivity contribution in [2.75, 3.05) is 13.2 Å². The molecule has 1 aromatic rings. The highest BCUT2D eigenvalue weighted by Gasteiger charge is 2.20. The highest BCUT2D eigenvalue weighted by molar-refractivity contribution is 9.09. The molecule has 0 spiro atoms. The number of benzene rings is 1. The Hall–Kier alpha value is -1.03. The van der Waals surface area contributed by atoms with E-state index >= 15 is 0 Å². The molecule has 1 aliphatic heterocycles. The first-order chi connectivity index (χ1) is 9.72. The number of alkyl halides is 1. The minimum absolute atomic E-state index is 0.0423. The van der Waals surface area contributed by atoms with Crippen LogP contribution < -0.4 is 10.1 Å². The molecule has 1 aromatic carbocycles. The summed E-state index contributed by atoms with van der Waals surface area (Å²) in [6, 6.07) is 5.73. The Morgan fingerprint density at radius 3 is 2.90 bits per heavy atom. The molecular formula is C16H20BrNO2. The SMILES string of the molecule is O=C(NCC1CCC(Br)CC1)c1ccc2c(c1)CCO2. The first kappa shape index (κ1) is 13.9. The van der Waals surface area contributed by atoms with E-state index in [4.69, 9.17) is 4.74 Å². The van der Waals surface area contributed by atoms with Crippen molar-refractivity contribution >= 4 is 21.8 Å². The molecule has 1 N–H and O–H groups in total. The molecule has 0 atom stereocenters. The van der Waals surface area contributed by atoms with Crippen molar-refractivity contribution in [2.45, 2.75) is 36.9 Å². The molecule has 0 unspecified atom stereocenters. The van der Waals surface area contributed by atoms with Crippen LogP contribution in [0.3, 0.4) is 0 Å². The summed E-state index contributed by atoms with van der Waals surface area (Å²) in [5.74, 6) is 1.60. The van der Waals surface area contributed by atoms with Crippen LogP contribution in [-0.2, 0) is 6.42 Å².